The van der Waals surface area contributed by atoms with Crippen molar-refractivity contribution >= 4 is 23.3 Å². The number of benzene rings is 2. The number of hydrogen-bond donors (Lipinski definition) is 1. The van der Waals surface area contributed by atoms with Gasteiger partial charge >= 0.3 is 5.97 Å². The lowest BCUT2D eigenvalue weighted by atomic mass is 10.0. The van der Waals surface area contributed by atoms with Crippen LogP contribution in [0.1, 0.15) is 21.5 Å². The Bertz CT molecular complexity index is 1220. The zero-order valence-corrected chi connectivity index (χ0v) is 18.8. The maximum Gasteiger partial charge on any atom is 0.338 e. The van der Waals surface area contributed by atoms with Gasteiger partial charge in [-0.05, 0) is 54.6 Å². The lowest BCUT2D eigenvalue weighted by Crippen LogP contribution is -2.44. The number of aromatic hydroxyl groups is 1. The fraction of sp³-hybridized carbons (Fsp3) is 0.280. The van der Waals surface area contributed by atoms with Crippen molar-refractivity contribution in [3.63, 3.8) is 0 Å². The van der Waals surface area contributed by atoms with E-state index in [0.29, 0.717) is 17.7 Å². The Morgan fingerprint density at radius 3 is 2.59 bits per heavy atom. The van der Waals surface area contributed by atoms with Crippen LogP contribution < -0.4 is 4.90 Å². The number of carbonyl (C=O) groups excluding carboxylic acids is 1. The average Bonchev–Trinajstić information content (AvgIpc) is 3.18. The molecule has 1 aliphatic carbocycles. The highest BCUT2D eigenvalue weighted by Gasteiger charge is 2.28. The molecule has 6 nitrogen and oxygen atoms in total. The third-order valence-electron chi connectivity index (χ3n) is 6.35. The van der Waals surface area contributed by atoms with Crippen LogP contribution in [0.25, 0.3) is 22.5 Å². The number of carbonyl (C=O) groups is 1. The Balaban J connectivity index is 1.58. The van der Waals surface area contributed by atoms with E-state index in [2.05, 4.69) is 35.0 Å². The number of aromatic nitrogens is 1. The molecule has 164 valence electrons. The largest absolute Gasteiger partial charge is 0.506 e. The van der Waals surface area contributed by atoms with Gasteiger partial charge in [0.1, 0.15) is 5.75 Å². The minimum absolute atomic E-state index is 0.00606. The molecule has 0 radical (unpaired) electrons. The molecule has 1 N–H and O–H groups in total. The summed E-state index contributed by atoms with van der Waals surface area (Å²) in [5.74, 6) is -0.381. The number of hydrogen-bond acceptors (Lipinski definition) is 6. The highest BCUT2D eigenvalue weighted by Crippen LogP contribution is 2.41. The third-order valence-corrected chi connectivity index (χ3v) is 6.66. The summed E-state index contributed by atoms with van der Waals surface area (Å²) in [5, 5.41) is 10.0. The van der Waals surface area contributed by atoms with E-state index in [9.17, 15) is 9.90 Å². The summed E-state index contributed by atoms with van der Waals surface area (Å²) in [6, 6.07) is 13.1. The smallest absolute Gasteiger partial charge is 0.338 e. The minimum atomic E-state index is -0.387. The van der Waals surface area contributed by atoms with Gasteiger partial charge in [-0.25, -0.2) is 9.78 Å². The van der Waals surface area contributed by atoms with E-state index in [1.807, 2.05) is 0 Å². The standard InChI is InChI=1S/C25H24ClN3O3/c1-28-7-9-29(10-8-28)17-4-5-18-16(11-17)12-19-20(25(31)32-2)14-22(27-24(18)19)15-3-6-23(30)21(26)13-15/h3-6,11,13-14,30H,7-10,12H2,1-2H3. The van der Waals surface area contributed by atoms with Gasteiger partial charge in [0.15, 0.2) is 0 Å². The van der Waals surface area contributed by atoms with Crippen LogP contribution in [0.5, 0.6) is 5.75 Å². The Morgan fingerprint density at radius 2 is 1.88 bits per heavy atom. The Kier molecular flexibility index (Phi) is 5.27. The second kappa shape index (κ2) is 8.11. The first-order valence-corrected chi connectivity index (χ1v) is 11.0. The molecule has 0 amide bonds. The van der Waals surface area contributed by atoms with E-state index >= 15 is 0 Å². The van der Waals surface area contributed by atoms with Crippen molar-refractivity contribution < 1.29 is 14.6 Å². The molecular weight excluding hydrogens is 426 g/mol. The number of nitrogens with zero attached hydrogens (tertiary/aromatic N) is 3. The van der Waals surface area contributed by atoms with Crippen LogP contribution in [0.15, 0.2) is 42.5 Å². The number of likely N-dealkylation sites (N-methyl/N-ethyl adjacent to an activating group) is 1. The van der Waals surface area contributed by atoms with E-state index in [-0.39, 0.29) is 16.7 Å². The van der Waals surface area contributed by atoms with Crippen molar-refractivity contribution in [3.8, 4) is 28.3 Å². The summed E-state index contributed by atoms with van der Waals surface area (Å²) in [7, 11) is 3.54. The van der Waals surface area contributed by atoms with Crippen LogP contribution in [0.4, 0.5) is 5.69 Å². The topological polar surface area (TPSA) is 65.9 Å². The Morgan fingerprint density at radius 1 is 1.09 bits per heavy atom. The van der Waals surface area contributed by atoms with Crippen molar-refractivity contribution in [1.82, 2.24) is 9.88 Å². The van der Waals surface area contributed by atoms with Crippen LogP contribution >= 0.6 is 11.6 Å². The minimum Gasteiger partial charge on any atom is -0.506 e. The first-order chi connectivity index (χ1) is 15.4. The molecule has 0 saturated carbocycles. The van der Waals surface area contributed by atoms with Gasteiger partial charge in [-0.15, -0.1) is 0 Å². The zero-order valence-electron chi connectivity index (χ0n) is 18.1. The number of ether oxygens (including phenoxy) is 1. The molecule has 1 aromatic heterocycles. The van der Waals surface area contributed by atoms with E-state index in [4.69, 9.17) is 21.3 Å². The molecule has 0 unspecified atom stereocenters. The molecule has 1 saturated heterocycles. The van der Waals surface area contributed by atoms with E-state index in [0.717, 1.165) is 54.1 Å². The lowest BCUT2D eigenvalue weighted by molar-refractivity contribution is 0.0599. The number of methoxy groups -OCH3 is 1. The van der Waals surface area contributed by atoms with Gasteiger partial charge in [0.2, 0.25) is 0 Å². The number of esters is 1. The summed E-state index contributed by atoms with van der Waals surface area (Å²) in [6.07, 6.45) is 0.639. The van der Waals surface area contributed by atoms with Crippen molar-refractivity contribution in [3.05, 3.63) is 64.2 Å². The van der Waals surface area contributed by atoms with Gasteiger partial charge in [-0.1, -0.05) is 17.7 Å². The summed E-state index contributed by atoms with van der Waals surface area (Å²) >= 11 is 6.11. The maximum atomic E-state index is 12.6. The van der Waals surface area contributed by atoms with Gasteiger partial charge < -0.3 is 19.6 Å². The molecule has 32 heavy (non-hydrogen) atoms. The molecule has 1 aliphatic heterocycles. The van der Waals surface area contributed by atoms with Crippen LogP contribution in [-0.2, 0) is 11.2 Å². The average molecular weight is 450 g/mol. The molecular formula is C25H24ClN3O3. The zero-order chi connectivity index (χ0) is 22.4. The van der Waals surface area contributed by atoms with Crippen LogP contribution in [0.3, 0.4) is 0 Å². The van der Waals surface area contributed by atoms with E-state index in [1.165, 1.54) is 18.9 Å². The molecule has 1 fully saturated rings. The van der Waals surface area contributed by atoms with Crippen molar-refractivity contribution in [2.24, 2.45) is 0 Å². The molecule has 2 aliphatic rings. The van der Waals surface area contributed by atoms with Crippen LogP contribution in [0.2, 0.25) is 5.02 Å². The van der Waals surface area contributed by atoms with Crippen molar-refractivity contribution in [2.75, 3.05) is 45.2 Å². The highest BCUT2D eigenvalue weighted by molar-refractivity contribution is 6.32. The normalized spacial score (nSPS) is 15.4. The van der Waals surface area contributed by atoms with Crippen LogP contribution in [-0.4, -0.2) is 61.3 Å². The van der Waals surface area contributed by atoms with Crippen LogP contribution in [0, 0.1) is 0 Å². The maximum absolute atomic E-state index is 12.6. The van der Waals surface area contributed by atoms with Gasteiger partial charge in [0.25, 0.3) is 0 Å². The molecule has 0 bridgehead atoms. The molecule has 5 rings (SSSR count). The van der Waals surface area contributed by atoms with Gasteiger partial charge in [0.05, 0.1) is 29.1 Å². The third kappa shape index (κ3) is 3.59. The number of halogens is 1. The molecule has 2 aromatic carbocycles. The number of piperazine rings is 1. The number of phenolic OH excluding ortho intramolecular Hbond substituents is 1. The Labute approximate surface area is 192 Å². The number of phenols is 1. The number of rotatable bonds is 3. The number of pyridine rings is 1. The molecule has 2 heterocycles. The fourth-order valence-electron chi connectivity index (χ4n) is 4.49. The predicted octanol–water partition coefficient (Wildman–Crippen LogP) is 4.22. The number of anilines is 1. The quantitative estimate of drug-likeness (QED) is 0.472. The van der Waals surface area contributed by atoms with Gasteiger partial charge in [-0.2, -0.15) is 0 Å². The summed E-state index contributed by atoms with van der Waals surface area (Å²) in [4.78, 5) is 22.3. The molecule has 7 heteroatoms. The predicted molar refractivity (Wildman–Crippen MR) is 126 cm³/mol. The summed E-state index contributed by atoms with van der Waals surface area (Å²) < 4.78 is 5.08. The summed E-state index contributed by atoms with van der Waals surface area (Å²) in [5.41, 5.74) is 6.93. The van der Waals surface area contributed by atoms with Crippen molar-refractivity contribution in [1.29, 1.82) is 0 Å². The van der Waals surface area contributed by atoms with E-state index < -0.39 is 0 Å². The monoisotopic (exact) mass is 449 g/mol. The first kappa shape index (κ1) is 20.8. The second-order valence-corrected chi connectivity index (χ2v) is 8.76. The lowest BCUT2D eigenvalue weighted by Gasteiger charge is -2.34. The highest BCUT2D eigenvalue weighted by atomic mass is 35.5. The molecule has 3 aromatic rings. The Hall–Kier alpha value is -3.09. The molecule has 0 spiro atoms. The summed E-state index contributed by atoms with van der Waals surface area (Å²) in [6.45, 7) is 4.09. The van der Waals surface area contributed by atoms with Gasteiger partial charge in [0, 0.05) is 49.4 Å². The SMILES string of the molecule is COC(=O)c1cc(-c2ccc(O)c(Cl)c2)nc2c1Cc1cc(N3CCN(C)CC3)ccc1-2. The second-order valence-electron chi connectivity index (χ2n) is 8.35. The van der Waals surface area contributed by atoms with Crippen molar-refractivity contribution in [2.45, 2.75) is 6.42 Å². The molecule has 0 atom stereocenters. The van der Waals surface area contributed by atoms with E-state index in [1.54, 1.807) is 18.2 Å². The fourth-order valence-corrected chi connectivity index (χ4v) is 4.67. The number of fused-ring (bicyclic) bond motifs is 3. The van der Waals surface area contributed by atoms with Gasteiger partial charge in [-0.3, -0.25) is 0 Å². The first-order valence-electron chi connectivity index (χ1n) is 10.6.